The number of nitrogens with zero attached hydrogens (tertiary/aromatic N) is 2. The monoisotopic (exact) mass is 321 g/mol. The molecule has 0 radical (unpaired) electrons. The zero-order chi connectivity index (χ0) is 17.2. The lowest BCUT2D eigenvalue weighted by atomic mass is 9.86. The fourth-order valence-electron chi connectivity index (χ4n) is 2.27. The number of amides is 1. The van der Waals surface area contributed by atoms with E-state index in [0.717, 1.165) is 11.1 Å². The molecule has 2 rings (SSSR count). The van der Waals surface area contributed by atoms with Gasteiger partial charge in [0.15, 0.2) is 0 Å². The Morgan fingerprint density at radius 2 is 2.04 bits per heavy atom. The molecular formula is C17H21F2N3O. The molecule has 6 heteroatoms. The van der Waals surface area contributed by atoms with E-state index in [1.807, 2.05) is 24.3 Å². The first-order valence-corrected chi connectivity index (χ1v) is 7.38. The molecular weight excluding hydrogens is 300 g/mol. The van der Waals surface area contributed by atoms with E-state index in [4.69, 9.17) is 0 Å². The predicted molar refractivity (Wildman–Crippen MR) is 84.5 cm³/mol. The van der Waals surface area contributed by atoms with E-state index in [0.29, 0.717) is 0 Å². The lowest BCUT2D eigenvalue weighted by Crippen LogP contribution is -2.24. The lowest BCUT2D eigenvalue weighted by Gasteiger charge is -2.19. The third-order valence-corrected chi connectivity index (χ3v) is 3.55. The van der Waals surface area contributed by atoms with Crippen LogP contribution < -0.4 is 5.32 Å². The van der Waals surface area contributed by atoms with Crippen LogP contribution in [-0.4, -0.2) is 15.7 Å². The van der Waals surface area contributed by atoms with Crippen LogP contribution in [0.4, 0.5) is 8.78 Å². The van der Waals surface area contributed by atoms with Crippen LogP contribution in [0.1, 0.15) is 54.4 Å². The molecule has 1 amide bonds. The topological polar surface area (TPSA) is 46.9 Å². The van der Waals surface area contributed by atoms with E-state index >= 15 is 0 Å². The first-order chi connectivity index (χ1) is 10.7. The lowest BCUT2D eigenvalue weighted by molar-refractivity contribution is 0.0936. The van der Waals surface area contributed by atoms with Gasteiger partial charge in [0.1, 0.15) is 5.69 Å². The summed E-state index contributed by atoms with van der Waals surface area (Å²) in [7, 11) is 1.51. The Kier molecular flexibility index (Phi) is 4.82. The van der Waals surface area contributed by atoms with Gasteiger partial charge in [-0.25, -0.2) is 8.78 Å². The Labute approximate surface area is 134 Å². The number of nitrogens with one attached hydrogen (secondary N) is 1. The summed E-state index contributed by atoms with van der Waals surface area (Å²) in [6.07, 6.45) is -1.47. The average molecular weight is 321 g/mol. The Morgan fingerprint density at radius 3 is 2.65 bits per heavy atom. The number of aryl methyl sites for hydroxylation is 1. The number of aromatic nitrogens is 2. The number of alkyl halides is 2. The van der Waals surface area contributed by atoms with Gasteiger partial charge in [0.25, 0.3) is 12.3 Å². The van der Waals surface area contributed by atoms with Gasteiger partial charge in [-0.2, -0.15) is 5.10 Å². The SMILES string of the molecule is Cn1cc(C(=O)NCc2cccc(C(C)(C)C)c2)c(C(F)F)n1. The molecule has 0 aliphatic heterocycles. The Bertz CT molecular complexity index is 702. The molecule has 0 saturated heterocycles. The minimum Gasteiger partial charge on any atom is -0.348 e. The fourth-order valence-corrected chi connectivity index (χ4v) is 2.27. The van der Waals surface area contributed by atoms with Gasteiger partial charge in [-0.05, 0) is 16.5 Å². The molecule has 23 heavy (non-hydrogen) atoms. The largest absolute Gasteiger partial charge is 0.348 e. The highest BCUT2D eigenvalue weighted by molar-refractivity contribution is 5.95. The molecule has 0 aliphatic rings. The molecule has 2 aromatic rings. The van der Waals surface area contributed by atoms with Crippen molar-refractivity contribution in [3.8, 4) is 0 Å². The summed E-state index contributed by atoms with van der Waals surface area (Å²) in [6, 6.07) is 7.86. The van der Waals surface area contributed by atoms with Crippen LogP contribution in [-0.2, 0) is 19.0 Å². The van der Waals surface area contributed by atoms with E-state index in [2.05, 4.69) is 31.2 Å². The maximum Gasteiger partial charge on any atom is 0.282 e. The molecule has 1 heterocycles. The van der Waals surface area contributed by atoms with E-state index in [1.165, 1.54) is 17.9 Å². The highest BCUT2D eigenvalue weighted by atomic mass is 19.3. The number of benzene rings is 1. The van der Waals surface area contributed by atoms with E-state index in [9.17, 15) is 13.6 Å². The first-order valence-electron chi connectivity index (χ1n) is 7.38. The van der Waals surface area contributed by atoms with Crippen molar-refractivity contribution in [2.24, 2.45) is 7.05 Å². The third-order valence-electron chi connectivity index (χ3n) is 3.55. The summed E-state index contributed by atoms with van der Waals surface area (Å²) >= 11 is 0. The molecule has 0 fully saturated rings. The quantitative estimate of drug-likeness (QED) is 0.935. The fraction of sp³-hybridized carbons (Fsp3) is 0.412. The van der Waals surface area contributed by atoms with Crippen molar-refractivity contribution in [1.29, 1.82) is 0 Å². The number of carbonyl (C=O) groups is 1. The van der Waals surface area contributed by atoms with Crippen molar-refractivity contribution in [2.45, 2.75) is 39.2 Å². The van der Waals surface area contributed by atoms with Gasteiger partial charge < -0.3 is 5.32 Å². The second kappa shape index (κ2) is 6.48. The molecule has 0 bridgehead atoms. The predicted octanol–water partition coefficient (Wildman–Crippen LogP) is 3.59. The molecule has 0 aliphatic carbocycles. The number of rotatable bonds is 4. The molecule has 0 atom stereocenters. The van der Waals surface area contributed by atoms with Crippen LogP contribution in [0.25, 0.3) is 0 Å². The van der Waals surface area contributed by atoms with Crippen molar-refractivity contribution in [3.63, 3.8) is 0 Å². The van der Waals surface area contributed by atoms with Crippen LogP contribution in [0.2, 0.25) is 0 Å². The molecule has 1 aromatic carbocycles. The maximum absolute atomic E-state index is 12.9. The van der Waals surface area contributed by atoms with Crippen LogP contribution in [0.15, 0.2) is 30.5 Å². The molecule has 1 N–H and O–H groups in total. The summed E-state index contributed by atoms with van der Waals surface area (Å²) in [5.41, 5.74) is 1.50. The Hall–Kier alpha value is -2.24. The van der Waals surface area contributed by atoms with Crippen LogP contribution in [0.5, 0.6) is 0 Å². The van der Waals surface area contributed by atoms with Crippen molar-refractivity contribution < 1.29 is 13.6 Å². The number of halogens is 2. The third kappa shape index (κ3) is 4.15. The molecule has 124 valence electrons. The van der Waals surface area contributed by atoms with Gasteiger partial charge in [0.05, 0.1) is 5.56 Å². The van der Waals surface area contributed by atoms with Crippen molar-refractivity contribution >= 4 is 5.91 Å². The van der Waals surface area contributed by atoms with E-state index in [-0.39, 0.29) is 17.5 Å². The van der Waals surface area contributed by atoms with Gasteiger partial charge in [-0.1, -0.05) is 45.0 Å². The van der Waals surface area contributed by atoms with Crippen molar-refractivity contribution in [2.75, 3.05) is 0 Å². The Morgan fingerprint density at radius 1 is 1.35 bits per heavy atom. The van der Waals surface area contributed by atoms with Gasteiger partial charge in [0.2, 0.25) is 0 Å². The van der Waals surface area contributed by atoms with Crippen LogP contribution >= 0.6 is 0 Å². The van der Waals surface area contributed by atoms with Gasteiger partial charge in [0, 0.05) is 19.8 Å². The molecule has 0 unspecified atom stereocenters. The number of hydrogen-bond donors (Lipinski definition) is 1. The van der Waals surface area contributed by atoms with Crippen LogP contribution in [0.3, 0.4) is 0 Å². The molecule has 1 aromatic heterocycles. The second-order valence-electron chi connectivity index (χ2n) is 6.54. The molecule has 4 nitrogen and oxygen atoms in total. The van der Waals surface area contributed by atoms with Gasteiger partial charge in [-0.3, -0.25) is 9.48 Å². The molecule has 0 saturated carbocycles. The summed E-state index contributed by atoms with van der Waals surface area (Å²) in [4.78, 5) is 12.1. The highest BCUT2D eigenvalue weighted by Gasteiger charge is 2.22. The minimum atomic E-state index is -2.78. The zero-order valence-electron chi connectivity index (χ0n) is 13.7. The minimum absolute atomic E-state index is 0.00616. The standard InChI is InChI=1S/C17H21F2N3O/c1-17(2,3)12-7-5-6-11(8-12)9-20-16(23)13-10-22(4)21-14(13)15(18)19/h5-8,10,15H,9H2,1-4H3,(H,20,23). The summed E-state index contributed by atoms with van der Waals surface area (Å²) in [5, 5.41) is 6.32. The maximum atomic E-state index is 12.9. The van der Waals surface area contributed by atoms with Crippen molar-refractivity contribution in [3.05, 3.63) is 52.8 Å². The van der Waals surface area contributed by atoms with Gasteiger partial charge >= 0.3 is 0 Å². The summed E-state index contributed by atoms with van der Waals surface area (Å²) < 4.78 is 27.0. The highest BCUT2D eigenvalue weighted by Crippen LogP contribution is 2.23. The summed E-state index contributed by atoms with van der Waals surface area (Å²) in [5.74, 6) is -0.547. The smallest absolute Gasteiger partial charge is 0.282 e. The number of hydrogen-bond acceptors (Lipinski definition) is 2. The number of carbonyl (C=O) groups excluding carboxylic acids is 1. The van der Waals surface area contributed by atoms with E-state index in [1.54, 1.807) is 0 Å². The summed E-state index contributed by atoms with van der Waals surface area (Å²) in [6.45, 7) is 6.60. The second-order valence-corrected chi connectivity index (χ2v) is 6.54. The zero-order valence-corrected chi connectivity index (χ0v) is 13.7. The normalized spacial score (nSPS) is 11.8. The first kappa shape index (κ1) is 17.1. The molecule has 0 spiro atoms. The van der Waals surface area contributed by atoms with Crippen molar-refractivity contribution in [1.82, 2.24) is 15.1 Å². The average Bonchev–Trinajstić information content (AvgIpc) is 2.86. The van der Waals surface area contributed by atoms with E-state index < -0.39 is 18.0 Å². The van der Waals surface area contributed by atoms with Crippen LogP contribution in [0, 0.1) is 0 Å². The Balaban J connectivity index is 2.11. The van der Waals surface area contributed by atoms with Gasteiger partial charge in [-0.15, -0.1) is 0 Å².